The Morgan fingerprint density at radius 1 is 1.21 bits per heavy atom. The third kappa shape index (κ3) is 4.32. The number of sulfonamides is 1. The van der Waals surface area contributed by atoms with Gasteiger partial charge < -0.3 is 5.11 Å². The molecule has 1 aliphatic rings. The molecule has 9 nitrogen and oxygen atoms in total. The molecule has 1 fully saturated rings. The molecule has 0 atom stereocenters. The van der Waals surface area contributed by atoms with Crippen molar-refractivity contribution in [2.45, 2.75) is 17.7 Å². The van der Waals surface area contributed by atoms with Gasteiger partial charge in [-0.25, -0.2) is 8.42 Å². The molecule has 0 aliphatic carbocycles. The van der Waals surface area contributed by atoms with Gasteiger partial charge in [0.25, 0.3) is 5.69 Å². The van der Waals surface area contributed by atoms with Crippen LogP contribution in [-0.2, 0) is 10.0 Å². The zero-order valence-corrected chi connectivity index (χ0v) is 17.0. The van der Waals surface area contributed by atoms with Crippen LogP contribution in [0.25, 0.3) is 0 Å². The van der Waals surface area contributed by atoms with Crippen LogP contribution in [0, 0.1) is 10.1 Å². The van der Waals surface area contributed by atoms with E-state index in [0.717, 1.165) is 23.4 Å². The molecule has 1 saturated heterocycles. The van der Waals surface area contributed by atoms with Crippen molar-refractivity contribution >= 4 is 43.5 Å². The quantitative estimate of drug-likeness (QED) is 0.380. The molecular weight excluding hydrogens is 452 g/mol. The van der Waals surface area contributed by atoms with Crippen molar-refractivity contribution in [3.63, 3.8) is 0 Å². The fourth-order valence-corrected chi connectivity index (χ4v) is 4.71. The first kappa shape index (κ1) is 20.2. The van der Waals surface area contributed by atoms with E-state index in [1.807, 2.05) is 0 Å². The monoisotopic (exact) mass is 468 g/mol. The van der Waals surface area contributed by atoms with E-state index in [4.69, 9.17) is 0 Å². The summed E-state index contributed by atoms with van der Waals surface area (Å²) in [5, 5.41) is 25.1. The van der Waals surface area contributed by atoms with E-state index in [1.165, 1.54) is 28.7 Å². The standard InChI is InChI=1S/C17H17BrN4O5S/c18-13-3-6-17(23)12(9-13)11-19-20-15-5-4-14(10-16(15)22(24)25)28(26,27)21-7-1-2-8-21/h3-6,9-11,20,23H,1-2,7-8H2. The lowest BCUT2D eigenvalue weighted by molar-refractivity contribution is -0.384. The van der Waals surface area contributed by atoms with Crippen molar-refractivity contribution in [3.05, 3.63) is 56.5 Å². The summed E-state index contributed by atoms with van der Waals surface area (Å²) in [7, 11) is -3.76. The van der Waals surface area contributed by atoms with Gasteiger partial charge >= 0.3 is 0 Å². The van der Waals surface area contributed by atoms with Crippen LogP contribution in [0.1, 0.15) is 18.4 Å². The minimum absolute atomic E-state index is 0.00435. The van der Waals surface area contributed by atoms with Crippen LogP contribution in [-0.4, -0.2) is 42.1 Å². The van der Waals surface area contributed by atoms with Crippen molar-refractivity contribution in [2.24, 2.45) is 5.10 Å². The Morgan fingerprint density at radius 2 is 1.93 bits per heavy atom. The third-order valence-corrected chi connectivity index (χ3v) is 6.63. The summed E-state index contributed by atoms with van der Waals surface area (Å²) in [5.41, 5.74) is 2.56. The number of hydrogen-bond donors (Lipinski definition) is 2. The Kier molecular flexibility index (Phi) is 5.96. The molecule has 0 saturated carbocycles. The van der Waals surface area contributed by atoms with E-state index in [1.54, 1.807) is 12.1 Å². The molecule has 3 rings (SSSR count). The van der Waals surface area contributed by atoms with Gasteiger partial charge in [-0.3, -0.25) is 15.5 Å². The number of rotatable bonds is 6. The van der Waals surface area contributed by atoms with E-state index < -0.39 is 20.6 Å². The number of nitro benzene ring substituents is 1. The maximum absolute atomic E-state index is 12.6. The van der Waals surface area contributed by atoms with Crippen molar-refractivity contribution in [1.82, 2.24) is 4.31 Å². The summed E-state index contributed by atoms with van der Waals surface area (Å²) < 4.78 is 27.3. The smallest absolute Gasteiger partial charge is 0.295 e. The molecule has 28 heavy (non-hydrogen) atoms. The number of nitrogens with one attached hydrogen (secondary N) is 1. The van der Waals surface area contributed by atoms with Gasteiger partial charge in [-0.15, -0.1) is 0 Å². The molecule has 11 heteroatoms. The van der Waals surface area contributed by atoms with E-state index in [9.17, 15) is 23.6 Å². The Bertz CT molecular complexity index is 1040. The summed E-state index contributed by atoms with van der Waals surface area (Å²) >= 11 is 3.27. The molecule has 2 N–H and O–H groups in total. The van der Waals surface area contributed by atoms with Crippen LogP contribution in [0.5, 0.6) is 5.75 Å². The van der Waals surface area contributed by atoms with Gasteiger partial charge in [-0.1, -0.05) is 15.9 Å². The highest BCUT2D eigenvalue weighted by Gasteiger charge is 2.29. The minimum Gasteiger partial charge on any atom is -0.507 e. The predicted molar refractivity (Wildman–Crippen MR) is 108 cm³/mol. The van der Waals surface area contributed by atoms with Crippen LogP contribution in [0.2, 0.25) is 0 Å². The number of benzene rings is 2. The number of halogens is 1. The Labute approximate surface area is 170 Å². The average Bonchev–Trinajstić information content (AvgIpc) is 3.20. The van der Waals surface area contributed by atoms with Crippen molar-refractivity contribution in [1.29, 1.82) is 0 Å². The van der Waals surface area contributed by atoms with Gasteiger partial charge in [0.15, 0.2) is 0 Å². The van der Waals surface area contributed by atoms with Gasteiger partial charge in [0.1, 0.15) is 11.4 Å². The van der Waals surface area contributed by atoms with Crippen molar-refractivity contribution < 1.29 is 18.4 Å². The van der Waals surface area contributed by atoms with Gasteiger partial charge in [0.05, 0.1) is 16.0 Å². The van der Waals surface area contributed by atoms with Crippen LogP contribution < -0.4 is 5.43 Å². The number of hydrazone groups is 1. The number of anilines is 1. The van der Waals surface area contributed by atoms with Crippen LogP contribution >= 0.6 is 15.9 Å². The third-order valence-electron chi connectivity index (χ3n) is 4.25. The molecule has 1 heterocycles. The SMILES string of the molecule is O=[N+]([O-])c1cc(S(=O)(=O)N2CCCC2)ccc1NN=Cc1cc(Br)ccc1O. The van der Waals surface area contributed by atoms with Gasteiger partial charge in [0, 0.05) is 29.2 Å². The van der Waals surface area contributed by atoms with Gasteiger partial charge in [0.2, 0.25) is 10.0 Å². The number of hydrogen-bond acceptors (Lipinski definition) is 7. The molecule has 1 aliphatic heterocycles. The number of nitro groups is 1. The minimum atomic E-state index is -3.76. The summed E-state index contributed by atoms with van der Waals surface area (Å²) in [6.07, 6.45) is 2.86. The summed E-state index contributed by atoms with van der Waals surface area (Å²) in [6.45, 7) is 0.826. The number of nitrogens with zero attached hydrogens (tertiary/aromatic N) is 3. The number of phenols is 1. The first-order valence-electron chi connectivity index (χ1n) is 8.35. The molecule has 0 spiro atoms. The summed E-state index contributed by atoms with van der Waals surface area (Å²) in [5.74, 6) is -0.00435. The second kappa shape index (κ2) is 8.25. The zero-order chi connectivity index (χ0) is 20.3. The van der Waals surface area contributed by atoms with Crippen molar-refractivity contribution in [3.8, 4) is 5.75 Å². The summed E-state index contributed by atoms with van der Waals surface area (Å²) in [6, 6.07) is 8.41. The second-order valence-electron chi connectivity index (χ2n) is 6.12. The summed E-state index contributed by atoms with van der Waals surface area (Å²) in [4.78, 5) is 10.6. The lowest BCUT2D eigenvalue weighted by atomic mass is 10.2. The number of phenolic OH excluding ortho intramolecular Hbond substituents is 1. The van der Waals surface area contributed by atoms with Crippen LogP contribution in [0.15, 0.2) is 50.9 Å². The van der Waals surface area contributed by atoms with E-state index in [-0.39, 0.29) is 16.3 Å². The molecule has 2 aromatic carbocycles. The largest absolute Gasteiger partial charge is 0.507 e. The van der Waals surface area contributed by atoms with E-state index in [0.29, 0.717) is 18.7 Å². The lowest BCUT2D eigenvalue weighted by Crippen LogP contribution is -2.27. The highest BCUT2D eigenvalue weighted by molar-refractivity contribution is 9.10. The normalized spacial score (nSPS) is 15.2. The van der Waals surface area contributed by atoms with Crippen LogP contribution in [0.4, 0.5) is 11.4 Å². The zero-order valence-electron chi connectivity index (χ0n) is 14.6. The van der Waals surface area contributed by atoms with E-state index >= 15 is 0 Å². The van der Waals surface area contributed by atoms with Crippen LogP contribution in [0.3, 0.4) is 0 Å². The molecule has 0 radical (unpaired) electrons. The molecule has 148 valence electrons. The van der Waals surface area contributed by atoms with Crippen molar-refractivity contribution in [2.75, 3.05) is 18.5 Å². The van der Waals surface area contributed by atoms with E-state index in [2.05, 4.69) is 26.5 Å². The lowest BCUT2D eigenvalue weighted by Gasteiger charge is -2.15. The maximum Gasteiger partial charge on any atom is 0.295 e. The second-order valence-corrected chi connectivity index (χ2v) is 8.97. The first-order chi connectivity index (χ1) is 13.3. The molecule has 0 aromatic heterocycles. The van der Waals surface area contributed by atoms with Gasteiger partial charge in [-0.2, -0.15) is 9.41 Å². The highest BCUT2D eigenvalue weighted by atomic mass is 79.9. The maximum atomic E-state index is 12.6. The molecule has 0 amide bonds. The Balaban J connectivity index is 1.86. The molecule has 0 unspecified atom stereocenters. The highest BCUT2D eigenvalue weighted by Crippen LogP contribution is 2.30. The Hall–Kier alpha value is -2.50. The number of aromatic hydroxyl groups is 1. The predicted octanol–water partition coefficient (Wildman–Crippen LogP) is 3.29. The topological polar surface area (TPSA) is 125 Å². The first-order valence-corrected chi connectivity index (χ1v) is 10.6. The molecule has 0 bridgehead atoms. The Morgan fingerprint density at radius 3 is 2.61 bits per heavy atom. The average molecular weight is 469 g/mol. The molecular formula is C17H17BrN4O5S. The molecule has 2 aromatic rings. The fourth-order valence-electron chi connectivity index (χ4n) is 2.80. The fraction of sp³-hybridized carbons (Fsp3) is 0.235. The van der Waals surface area contributed by atoms with Gasteiger partial charge in [-0.05, 0) is 43.2 Å².